The maximum absolute atomic E-state index is 12.9. The summed E-state index contributed by atoms with van der Waals surface area (Å²) < 4.78 is 16.9. The Morgan fingerprint density at radius 3 is 0.802 bits per heavy atom. The molecular weight excluding hydrogens is 997 g/mol. The van der Waals surface area contributed by atoms with Crippen LogP contribution in [0.1, 0.15) is 303 Å². The van der Waals surface area contributed by atoms with E-state index in [1.807, 2.05) is 0 Å². The van der Waals surface area contributed by atoms with Crippen molar-refractivity contribution in [3.05, 3.63) is 134 Å². The fourth-order valence-electron chi connectivity index (χ4n) is 9.08. The first-order valence-corrected chi connectivity index (χ1v) is 33.7. The molecule has 0 rings (SSSR count). The van der Waals surface area contributed by atoms with E-state index >= 15 is 0 Å². The fourth-order valence-corrected chi connectivity index (χ4v) is 9.08. The zero-order chi connectivity index (χ0) is 58.5. The summed E-state index contributed by atoms with van der Waals surface area (Å²) in [5.74, 6) is -0.910. The maximum atomic E-state index is 12.9. The molecule has 0 radical (unpaired) electrons. The summed E-state index contributed by atoms with van der Waals surface area (Å²) in [6.45, 7) is 6.43. The van der Waals surface area contributed by atoms with E-state index in [0.29, 0.717) is 19.3 Å². The molecule has 1 atom stereocenters. The van der Waals surface area contributed by atoms with E-state index in [1.165, 1.54) is 116 Å². The highest BCUT2D eigenvalue weighted by molar-refractivity contribution is 5.71. The zero-order valence-electron chi connectivity index (χ0n) is 52.8. The number of hydrogen-bond acceptors (Lipinski definition) is 6. The third-order valence-corrected chi connectivity index (χ3v) is 14.1. The lowest BCUT2D eigenvalue weighted by atomic mass is 10.0. The molecule has 0 aliphatic carbocycles. The van der Waals surface area contributed by atoms with Crippen LogP contribution in [-0.2, 0) is 28.6 Å². The summed E-state index contributed by atoms with van der Waals surface area (Å²) in [5, 5.41) is 0. The fraction of sp³-hybridized carbons (Fsp3) is 0.667. The molecule has 0 heterocycles. The second-order valence-electron chi connectivity index (χ2n) is 22.0. The van der Waals surface area contributed by atoms with Crippen molar-refractivity contribution in [3.63, 3.8) is 0 Å². The Hall–Kier alpha value is -4.45. The molecule has 0 bridgehead atoms. The highest BCUT2D eigenvalue weighted by Crippen LogP contribution is 2.16. The SMILES string of the molecule is CC/C=C\C/C=C\C/C=C\C/C=C\C/C=C\C/C=C\C/C=C\CCCCCCCCCCCCCC(=O)OCC(COC(=O)CCCCCCC/C=C\C/C=C\CCC)OC(=O)CCCCCCCCC/C=C\C/C=C\CCCCC. The van der Waals surface area contributed by atoms with Crippen LogP contribution in [0, 0.1) is 0 Å². The number of carbonyl (C=O) groups is 3. The summed E-state index contributed by atoms with van der Waals surface area (Å²) in [4.78, 5) is 38.3. The van der Waals surface area contributed by atoms with Gasteiger partial charge in [-0.15, -0.1) is 0 Å². The van der Waals surface area contributed by atoms with Crippen LogP contribution in [0.3, 0.4) is 0 Å². The Morgan fingerprint density at radius 2 is 0.506 bits per heavy atom. The average Bonchev–Trinajstić information content (AvgIpc) is 3.46. The van der Waals surface area contributed by atoms with Crippen LogP contribution in [-0.4, -0.2) is 37.2 Å². The van der Waals surface area contributed by atoms with Crippen molar-refractivity contribution in [1.29, 1.82) is 0 Å². The van der Waals surface area contributed by atoms with Gasteiger partial charge in [0.25, 0.3) is 0 Å². The van der Waals surface area contributed by atoms with Gasteiger partial charge in [-0.25, -0.2) is 0 Å². The van der Waals surface area contributed by atoms with Crippen molar-refractivity contribution >= 4 is 17.9 Å². The zero-order valence-corrected chi connectivity index (χ0v) is 52.8. The molecule has 1 unspecified atom stereocenters. The van der Waals surface area contributed by atoms with Crippen LogP contribution < -0.4 is 0 Å². The molecule has 0 aliphatic heterocycles. The Balaban J connectivity index is 4.26. The van der Waals surface area contributed by atoms with Gasteiger partial charge in [0.1, 0.15) is 13.2 Å². The molecule has 460 valence electrons. The van der Waals surface area contributed by atoms with E-state index in [0.717, 1.165) is 148 Å². The van der Waals surface area contributed by atoms with Crippen molar-refractivity contribution in [2.24, 2.45) is 0 Å². The van der Waals surface area contributed by atoms with E-state index in [-0.39, 0.29) is 31.1 Å². The second-order valence-corrected chi connectivity index (χ2v) is 22.0. The van der Waals surface area contributed by atoms with Crippen LogP contribution >= 0.6 is 0 Å². The number of esters is 3. The Bertz CT molecular complexity index is 1720. The van der Waals surface area contributed by atoms with Crippen molar-refractivity contribution in [2.75, 3.05) is 13.2 Å². The molecule has 0 aliphatic rings. The van der Waals surface area contributed by atoms with E-state index in [1.54, 1.807) is 0 Å². The van der Waals surface area contributed by atoms with Gasteiger partial charge in [0.05, 0.1) is 0 Å². The lowest BCUT2D eigenvalue weighted by molar-refractivity contribution is -0.167. The smallest absolute Gasteiger partial charge is 0.306 e. The summed E-state index contributed by atoms with van der Waals surface area (Å²) in [7, 11) is 0. The van der Waals surface area contributed by atoms with Gasteiger partial charge < -0.3 is 14.2 Å². The Labute approximate surface area is 500 Å². The second kappa shape index (κ2) is 68.1. The standard InChI is InChI=1S/C75H124O6/c1-4-7-10-13-16-19-22-25-27-29-30-31-32-33-34-35-36-37-38-39-40-41-42-43-44-46-47-50-53-56-59-62-65-68-74(77)80-71-72(70-79-73(76)67-64-61-58-55-52-49-24-21-18-15-12-9-6-3)81-75(78)69-66-63-60-57-54-51-48-45-28-26-23-20-17-14-11-8-5-2/h7,10,12,15-17,19-21,24-28,30-31,33-34,36-37,39-40,72H,4-6,8-9,11,13-14,18,22-23,29,32,35,38,41-71H2,1-3H3/b10-7-,15-12-,19-16-,20-17-,24-21-,27-25-,28-26-,31-30-,34-33-,37-36-,40-39-. The molecule has 81 heavy (non-hydrogen) atoms. The maximum Gasteiger partial charge on any atom is 0.306 e. The van der Waals surface area contributed by atoms with Gasteiger partial charge in [0.2, 0.25) is 0 Å². The van der Waals surface area contributed by atoms with Crippen LogP contribution in [0.25, 0.3) is 0 Å². The molecule has 0 aromatic rings. The number of hydrogen-bond donors (Lipinski definition) is 0. The number of rotatable bonds is 60. The minimum Gasteiger partial charge on any atom is -0.462 e. The van der Waals surface area contributed by atoms with Crippen LogP contribution in [0.4, 0.5) is 0 Å². The third-order valence-electron chi connectivity index (χ3n) is 14.1. The van der Waals surface area contributed by atoms with Gasteiger partial charge in [-0.2, -0.15) is 0 Å². The summed E-state index contributed by atoms with van der Waals surface area (Å²) in [6, 6.07) is 0. The number of ether oxygens (including phenoxy) is 3. The normalized spacial score (nSPS) is 13.0. The first-order valence-electron chi connectivity index (χ1n) is 33.7. The molecule has 0 aromatic carbocycles. The van der Waals surface area contributed by atoms with E-state index in [2.05, 4.69) is 154 Å². The van der Waals surface area contributed by atoms with Gasteiger partial charge >= 0.3 is 17.9 Å². The quantitative estimate of drug-likeness (QED) is 0.0261. The predicted octanol–water partition coefficient (Wildman–Crippen LogP) is 23.3. The van der Waals surface area contributed by atoms with Gasteiger partial charge in [-0.1, -0.05) is 283 Å². The van der Waals surface area contributed by atoms with Gasteiger partial charge in [-0.3, -0.25) is 14.4 Å². The van der Waals surface area contributed by atoms with Crippen LogP contribution in [0.5, 0.6) is 0 Å². The van der Waals surface area contributed by atoms with E-state index in [4.69, 9.17) is 14.2 Å². The third kappa shape index (κ3) is 66.2. The monoisotopic (exact) mass is 1120 g/mol. The van der Waals surface area contributed by atoms with Crippen molar-refractivity contribution in [2.45, 2.75) is 309 Å². The Kier molecular flexibility index (Phi) is 64.3. The molecule has 6 nitrogen and oxygen atoms in total. The molecule has 0 saturated carbocycles. The summed E-state index contributed by atoms with van der Waals surface area (Å²) in [5.41, 5.74) is 0. The average molecular weight is 1120 g/mol. The lowest BCUT2D eigenvalue weighted by Crippen LogP contribution is -2.30. The number of unbranched alkanes of at least 4 members (excludes halogenated alkanes) is 27. The van der Waals surface area contributed by atoms with E-state index < -0.39 is 6.10 Å². The number of allylic oxidation sites excluding steroid dienone is 22. The summed E-state index contributed by atoms with van der Waals surface area (Å²) in [6.07, 6.45) is 96.1. The molecule has 0 fully saturated rings. The topological polar surface area (TPSA) is 78.9 Å². The summed E-state index contributed by atoms with van der Waals surface area (Å²) >= 11 is 0. The minimum absolute atomic E-state index is 0.0893. The lowest BCUT2D eigenvalue weighted by Gasteiger charge is -2.18. The predicted molar refractivity (Wildman–Crippen MR) is 353 cm³/mol. The van der Waals surface area contributed by atoms with Gasteiger partial charge in [0, 0.05) is 19.3 Å². The molecule has 0 saturated heterocycles. The van der Waals surface area contributed by atoms with Crippen molar-refractivity contribution < 1.29 is 28.6 Å². The molecule has 0 aromatic heterocycles. The molecule has 0 spiro atoms. The molecular formula is C75H124O6. The first-order chi connectivity index (χ1) is 40.0. The van der Waals surface area contributed by atoms with Crippen molar-refractivity contribution in [3.8, 4) is 0 Å². The largest absolute Gasteiger partial charge is 0.462 e. The van der Waals surface area contributed by atoms with E-state index in [9.17, 15) is 14.4 Å². The minimum atomic E-state index is -0.794. The van der Waals surface area contributed by atoms with Gasteiger partial charge in [-0.05, 0) is 135 Å². The molecule has 0 amide bonds. The van der Waals surface area contributed by atoms with Crippen molar-refractivity contribution in [1.82, 2.24) is 0 Å². The first kappa shape index (κ1) is 76.5. The molecule has 6 heteroatoms. The molecule has 0 N–H and O–H groups in total. The Morgan fingerprint density at radius 1 is 0.259 bits per heavy atom. The number of carbonyl (C=O) groups excluding carboxylic acids is 3. The highest BCUT2D eigenvalue weighted by Gasteiger charge is 2.19. The van der Waals surface area contributed by atoms with Crippen LogP contribution in [0.15, 0.2) is 134 Å². The van der Waals surface area contributed by atoms with Crippen LogP contribution in [0.2, 0.25) is 0 Å². The van der Waals surface area contributed by atoms with Gasteiger partial charge in [0.15, 0.2) is 6.10 Å². The highest BCUT2D eigenvalue weighted by atomic mass is 16.6.